The Morgan fingerprint density at radius 2 is 2.31 bits per heavy atom. The fourth-order valence-electron chi connectivity index (χ4n) is 1.90. The number of nitriles is 1. The summed E-state index contributed by atoms with van der Waals surface area (Å²) >= 11 is 0. The van der Waals surface area contributed by atoms with Crippen LogP contribution in [0.2, 0.25) is 0 Å². The summed E-state index contributed by atoms with van der Waals surface area (Å²) in [4.78, 5) is 4.43. The van der Waals surface area contributed by atoms with Crippen molar-refractivity contribution in [1.82, 2.24) is 10.1 Å². The van der Waals surface area contributed by atoms with Gasteiger partial charge in [0.15, 0.2) is 5.82 Å². The van der Waals surface area contributed by atoms with Gasteiger partial charge < -0.3 is 4.52 Å². The first-order valence-electron chi connectivity index (χ1n) is 5.75. The third-order valence-corrected chi connectivity index (χ3v) is 3.39. The Morgan fingerprint density at radius 3 is 2.88 bits per heavy atom. The maximum absolute atomic E-state index is 8.52. The lowest BCUT2D eigenvalue weighted by atomic mass is 10.1. The summed E-state index contributed by atoms with van der Waals surface area (Å²) in [5, 5.41) is 12.6. The van der Waals surface area contributed by atoms with E-state index in [0.717, 1.165) is 18.7 Å². The normalized spacial score (nSPS) is 23.8. The Labute approximate surface area is 95.7 Å². The highest BCUT2D eigenvalue weighted by molar-refractivity contribution is 5.14. The van der Waals surface area contributed by atoms with Gasteiger partial charge in [0.05, 0.1) is 6.07 Å². The highest BCUT2D eigenvalue weighted by Crippen LogP contribution is 2.57. The van der Waals surface area contributed by atoms with Crippen LogP contribution in [0, 0.1) is 16.7 Å². The van der Waals surface area contributed by atoms with Gasteiger partial charge >= 0.3 is 0 Å². The van der Waals surface area contributed by atoms with Crippen LogP contribution in [-0.2, 0) is 0 Å². The molecule has 0 aromatic carbocycles. The lowest BCUT2D eigenvalue weighted by Crippen LogP contribution is -1.95. The minimum absolute atomic E-state index is 0.183. The van der Waals surface area contributed by atoms with Gasteiger partial charge in [0.2, 0.25) is 5.89 Å². The zero-order chi connectivity index (χ0) is 11.8. The maximum Gasteiger partial charge on any atom is 0.229 e. The first-order chi connectivity index (χ1) is 7.54. The average Bonchev–Trinajstić information content (AvgIpc) is 2.67. The summed E-state index contributed by atoms with van der Waals surface area (Å²) in [5.74, 6) is 2.15. The molecule has 16 heavy (non-hydrogen) atoms. The van der Waals surface area contributed by atoms with Crippen molar-refractivity contribution in [2.24, 2.45) is 5.41 Å². The topological polar surface area (TPSA) is 62.7 Å². The van der Waals surface area contributed by atoms with Crippen LogP contribution in [-0.4, -0.2) is 10.1 Å². The van der Waals surface area contributed by atoms with Crippen molar-refractivity contribution in [1.29, 1.82) is 5.26 Å². The second-order valence-electron chi connectivity index (χ2n) is 5.33. The quantitative estimate of drug-likeness (QED) is 0.780. The number of rotatable bonds is 4. The summed E-state index contributed by atoms with van der Waals surface area (Å²) in [6, 6.07) is 2.13. The van der Waals surface area contributed by atoms with Crippen LogP contribution < -0.4 is 0 Å². The summed E-state index contributed by atoms with van der Waals surface area (Å²) in [6.45, 7) is 6.45. The second-order valence-corrected chi connectivity index (χ2v) is 5.33. The van der Waals surface area contributed by atoms with E-state index in [-0.39, 0.29) is 5.92 Å². The van der Waals surface area contributed by atoms with Gasteiger partial charge in [0, 0.05) is 18.3 Å². The highest BCUT2D eigenvalue weighted by Gasteiger charge is 2.49. The molecule has 0 saturated heterocycles. The molecule has 2 unspecified atom stereocenters. The van der Waals surface area contributed by atoms with Crippen molar-refractivity contribution < 1.29 is 4.52 Å². The number of aromatic nitrogens is 2. The van der Waals surface area contributed by atoms with Crippen LogP contribution in [0.1, 0.15) is 63.6 Å². The lowest BCUT2D eigenvalue weighted by Gasteiger charge is -2.01. The summed E-state index contributed by atoms with van der Waals surface area (Å²) < 4.78 is 5.25. The Kier molecular flexibility index (Phi) is 2.71. The van der Waals surface area contributed by atoms with E-state index < -0.39 is 0 Å². The molecule has 0 bridgehead atoms. The van der Waals surface area contributed by atoms with Crippen LogP contribution in [0.3, 0.4) is 0 Å². The van der Waals surface area contributed by atoms with Crippen molar-refractivity contribution in [2.75, 3.05) is 0 Å². The van der Waals surface area contributed by atoms with E-state index in [1.807, 2.05) is 6.92 Å². The highest BCUT2D eigenvalue weighted by atomic mass is 16.5. The van der Waals surface area contributed by atoms with E-state index in [0.29, 0.717) is 23.6 Å². The molecule has 2 rings (SSSR count). The molecule has 2 atom stereocenters. The first kappa shape index (κ1) is 11.1. The van der Waals surface area contributed by atoms with E-state index >= 15 is 0 Å². The minimum Gasteiger partial charge on any atom is -0.339 e. The van der Waals surface area contributed by atoms with Gasteiger partial charge in [0.25, 0.3) is 0 Å². The third-order valence-electron chi connectivity index (χ3n) is 3.39. The molecule has 1 aromatic rings. The zero-order valence-electron chi connectivity index (χ0n) is 10.0. The summed E-state index contributed by atoms with van der Waals surface area (Å²) in [7, 11) is 0. The molecule has 4 nitrogen and oxygen atoms in total. The smallest absolute Gasteiger partial charge is 0.229 e. The monoisotopic (exact) mass is 219 g/mol. The Balaban J connectivity index is 2.00. The zero-order valence-corrected chi connectivity index (χ0v) is 10.0. The Bertz CT molecular complexity index is 416. The van der Waals surface area contributed by atoms with E-state index in [4.69, 9.17) is 9.78 Å². The van der Waals surface area contributed by atoms with Crippen molar-refractivity contribution >= 4 is 0 Å². The fourth-order valence-corrected chi connectivity index (χ4v) is 1.90. The molecular formula is C12H17N3O. The predicted octanol–water partition coefficient (Wildman–Crippen LogP) is 2.99. The van der Waals surface area contributed by atoms with Gasteiger partial charge in [-0.1, -0.05) is 25.9 Å². The summed E-state index contributed by atoms with van der Waals surface area (Å²) in [6.07, 6.45) is 2.46. The molecule has 1 heterocycles. The van der Waals surface area contributed by atoms with Gasteiger partial charge in [-0.2, -0.15) is 10.2 Å². The number of hydrogen-bond acceptors (Lipinski definition) is 4. The van der Waals surface area contributed by atoms with Crippen LogP contribution in [0.15, 0.2) is 4.52 Å². The third kappa shape index (κ3) is 2.08. The van der Waals surface area contributed by atoms with Gasteiger partial charge in [-0.3, -0.25) is 0 Å². The van der Waals surface area contributed by atoms with Crippen molar-refractivity contribution in [2.45, 2.75) is 51.9 Å². The van der Waals surface area contributed by atoms with Crippen LogP contribution in [0.4, 0.5) is 0 Å². The molecule has 1 saturated carbocycles. The number of hydrogen-bond donors (Lipinski definition) is 0. The number of nitrogens with zero attached hydrogens (tertiary/aromatic N) is 3. The molecule has 1 aliphatic rings. The maximum atomic E-state index is 8.52. The molecule has 0 spiro atoms. The molecule has 1 aromatic heterocycles. The Hall–Kier alpha value is -1.37. The second kappa shape index (κ2) is 3.89. The average molecular weight is 219 g/mol. The summed E-state index contributed by atoms with van der Waals surface area (Å²) in [5.41, 5.74) is 0.330. The van der Waals surface area contributed by atoms with Crippen molar-refractivity contribution in [3.05, 3.63) is 11.7 Å². The van der Waals surface area contributed by atoms with Gasteiger partial charge in [0.1, 0.15) is 0 Å². The van der Waals surface area contributed by atoms with E-state index in [1.165, 1.54) is 0 Å². The standard InChI is InChI=1S/C12H17N3O/c1-8(5-4-6-13)11-14-10(15-16-11)9-7-12(9,2)3/h8-9H,4-5,7H2,1-3H3. The van der Waals surface area contributed by atoms with Crippen LogP contribution >= 0.6 is 0 Å². The molecule has 1 aliphatic carbocycles. The molecule has 0 radical (unpaired) electrons. The SMILES string of the molecule is CC(CCC#N)c1nc(C2CC2(C)C)no1. The fraction of sp³-hybridized carbons (Fsp3) is 0.750. The van der Waals surface area contributed by atoms with Gasteiger partial charge in [-0.15, -0.1) is 0 Å². The van der Waals surface area contributed by atoms with Crippen LogP contribution in [0.25, 0.3) is 0 Å². The molecular weight excluding hydrogens is 202 g/mol. The molecule has 1 fully saturated rings. The molecule has 4 heteroatoms. The van der Waals surface area contributed by atoms with Crippen molar-refractivity contribution in [3.8, 4) is 6.07 Å². The predicted molar refractivity (Wildman–Crippen MR) is 58.7 cm³/mol. The first-order valence-corrected chi connectivity index (χ1v) is 5.75. The Morgan fingerprint density at radius 1 is 1.62 bits per heavy atom. The van der Waals surface area contributed by atoms with Gasteiger partial charge in [-0.05, 0) is 18.3 Å². The minimum atomic E-state index is 0.183. The van der Waals surface area contributed by atoms with E-state index in [9.17, 15) is 0 Å². The lowest BCUT2D eigenvalue weighted by molar-refractivity contribution is 0.349. The largest absolute Gasteiger partial charge is 0.339 e. The van der Waals surface area contributed by atoms with Crippen molar-refractivity contribution in [3.63, 3.8) is 0 Å². The van der Waals surface area contributed by atoms with E-state index in [1.54, 1.807) is 0 Å². The molecule has 86 valence electrons. The molecule has 0 N–H and O–H groups in total. The van der Waals surface area contributed by atoms with Gasteiger partial charge in [-0.25, -0.2) is 0 Å². The van der Waals surface area contributed by atoms with Crippen LogP contribution in [0.5, 0.6) is 0 Å². The molecule has 0 aliphatic heterocycles. The van der Waals surface area contributed by atoms with E-state index in [2.05, 4.69) is 30.1 Å². The molecule has 0 amide bonds.